The van der Waals surface area contributed by atoms with Gasteiger partial charge in [0.1, 0.15) is 6.61 Å². The van der Waals surface area contributed by atoms with Gasteiger partial charge in [0.2, 0.25) is 0 Å². The van der Waals surface area contributed by atoms with Crippen molar-refractivity contribution in [1.29, 1.82) is 0 Å². The van der Waals surface area contributed by atoms with Gasteiger partial charge in [0.25, 0.3) is 0 Å². The van der Waals surface area contributed by atoms with Crippen LogP contribution in [0.15, 0.2) is 158 Å². The maximum absolute atomic E-state index is 12.4. The van der Waals surface area contributed by atoms with Gasteiger partial charge in [-0.25, -0.2) is 0 Å². The summed E-state index contributed by atoms with van der Waals surface area (Å²) in [5.41, 5.74) is 0. The molecule has 0 aromatic heterocycles. The summed E-state index contributed by atoms with van der Waals surface area (Å²) in [6.07, 6.45) is 105. The van der Waals surface area contributed by atoms with Gasteiger partial charge in [0.05, 0.1) is 6.61 Å². The van der Waals surface area contributed by atoms with Crippen LogP contribution in [0.4, 0.5) is 0 Å². The lowest BCUT2D eigenvalue weighted by molar-refractivity contribution is -0.161. The summed E-state index contributed by atoms with van der Waals surface area (Å²) in [6.45, 7) is 3.92. The van der Waals surface area contributed by atoms with Crippen LogP contribution >= 0.6 is 0 Å². The van der Waals surface area contributed by atoms with E-state index < -0.39 is 6.10 Å². The van der Waals surface area contributed by atoms with Crippen molar-refractivity contribution < 1.29 is 24.2 Å². The molecule has 5 heteroatoms. The summed E-state index contributed by atoms with van der Waals surface area (Å²) < 4.78 is 10.7. The number of esters is 2. The van der Waals surface area contributed by atoms with Gasteiger partial charge in [-0.15, -0.1) is 0 Å². The van der Waals surface area contributed by atoms with Crippen molar-refractivity contribution in [1.82, 2.24) is 0 Å². The number of carbonyl (C=O) groups is 2. The highest BCUT2D eigenvalue weighted by molar-refractivity contribution is 5.70. The van der Waals surface area contributed by atoms with Gasteiger partial charge in [0, 0.05) is 12.8 Å². The van der Waals surface area contributed by atoms with Crippen LogP contribution < -0.4 is 0 Å². The molecule has 1 N–H and O–H groups in total. The molecular formula is C75H122O5. The quantitative estimate of drug-likeness (QED) is 0.0373. The van der Waals surface area contributed by atoms with Crippen LogP contribution in [0.3, 0.4) is 0 Å². The zero-order valence-electron chi connectivity index (χ0n) is 51.8. The predicted molar refractivity (Wildman–Crippen MR) is 352 cm³/mol. The van der Waals surface area contributed by atoms with E-state index in [0.717, 1.165) is 128 Å². The van der Waals surface area contributed by atoms with E-state index in [-0.39, 0.29) is 25.2 Å². The molecule has 0 amide bonds. The van der Waals surface area contributed by atoms with Crippen molar-refractivity contribution in [2.24, 2.45) is 0 Å². The lowest BCUT2D eigenvalue weighted by Gasteiger charge is -2.15. The van der Waals surface area contributed by atoms with Gasteiger partial charge in [-0.1, -0.05) is 307 Å². The summed E-state index contributed by atoms with van der Waals surface area (Å²) in [5, 5.41) is 9.69. The Balaban J connectivity index is 3.54. The van der Waals surface area contributed by atoms with Gasteiger partial charge in [-0.3, -0.25) is 9.59 Å². The first-order valence-corrected chi connectivity index (χ1v) is 33.0. The van der Waals surface area contributed by atoms with Gasteiger partial charge < -0.3 is 14.6 Å². The number of ether oxygens (including phenoxy) is 2. The summed E-state index contributed by atoms with van der Waals surface area (Å²) in [7, 11) is 0. The first-order chi connectivity index (χ1) is 39.6. The normalized spacial score (nSPS) is 13.3. The Morgan fingerprint density at radius 1 is 0.287 bits per heavy atom. The van der Waals surface area contributed by atoms with Crippen molar-refractivity contribution in [2.45, 2.75) is 290 Å². The number of rotatable bonds is 59. The number of aliphatic hydroxyl groups excluding tert-OH is 1. The van der Waals surface area contributed by atoms with Gasteiger partial charge >= 0.3 is 11.9 Å². The second-order valence-corrected chi connectivity index (χ2v) is 21.4. The van der Waals surface area contributed by atoms with E-state index >= 15 is 0 Å². The van der Waals surface area contributed by atoms with E-state index in [1.54, 1.807) is 0 Å². The molecule has 0 bridgehead atoms. The third kappa shape index (κ3) is 66.0. The van der Waals surface area contributed by atoms with E-state index in [1.165, 1.54) is 128 Å². The lowest BCUT2D eigenvalue weighted by atomic mass is 10.0. The smallest absolute Gasteiger partial charge is 0.306 e. The Kier molecular flexibility index (Phi) is 64.9. The Bertz CT molecular complexity index is 1730. The molecule has 0 radical (unpaired) electrons. The SMILES string of the molecule is CC/C=C\C/C=C\C/C=C\C/C=C\C/C=C\C/C=C\C/C=C\C/C=C\CCCCCCCCCCC(=O)OC(CO)COC(=O)CCCCCCCCCCCCCCCCCCC/C=C\C/C=C\C/C=C\C/C=C\C/C=C\CC. The molecule has 0 aliphatic carbocycles. The summed E-state index contributed by atoms with van der Waals surface area (Å²) in [4.78, 5) is 24.6. The fraction of sp³-hybridized carbons (Fsp3) is 0.627. The van der Waals surface area contributed by atoms with Crippen molar-refractivity contribution in [3.63, 3.8) is 0 Å². The van der Waals surface area contributed by atoms with Crippen molar-refractivity contribution >= 4 is 11.9 Å². The number of hydrogen-bond donors (Lipinski definition) is 1. The van der Waals surface area contributed by atoms with Crippen LogP contribution in [-0.2, 0) is 19.1 Å². The second kappa shape index (κ2) is 68.8. The van der Waals surface area contributed by atoms with Crippen molar-refractivity contribution in [2.75, 3.05) is 13.2 Å². The summed E-state index contributed by atoms with van der Waals surface area (Å²) in [6, 6.07) is 0. The Morgan fingerprint density at radius 3 is 0.750 bits per heavy atom. The minimum absolute atomic E-state index is 0.0763. The van der Waals surface area contributed by atoms with E-state index in [0.29, 0.717) is 12.8 Å². The molecule has 0 spiro atoms. The molecule has 452 valence electrons. The third-order valence-electron chi connectivity index (χ3n) is 13.8. The maximum Gasteiger partial charge on any atom is 0.306 e. The van der Waals surface area contributed by atoms with Crippen LogP contribution in [0, 0.1) is 0 Å². The first kappa shape index (κ1) is 75.5. The largest absolute Gasteiger partial charge is 0.462 e. The minimum atomic E-state index is -0.788. The fourth-order valence-corrected chi connectivity index (χ4v) is 8.95. The van der Waals surface area contributed by atoms with Gasteiger partial charge in [0.15, 0.2) is 6.10 Å². The van der Waals surface area contributed by atoms with Crippen LogP contribution in [0.1, 0.15) is 284 Å². The highest BCUT2D eigenvalue weighted by atomic mass is 16.6. The van der Waals surface area contributed by atoms with Crippen LogP contribution in [-0.4, -0.2) is 36.4 Å². The number of aliphatic hydroxyl groups is 1. The second-order valence-electron chi connectivity index (χ2n) is 21.4. The zero-order chi connectivity index (χ0) is 57.6. The molecule has 0 aromatic carbocycles. The van der Waals surface area contributed by atoms with Crippen LogP contribution in [0.2, 0.25) is 0 Å². The minimum Gasteiger partial charge on any atom is -0.462 e. The lowest BCUT2D eigenvalue weighted by Crippen LogP contribution is -2.28. The monoisotopic (exact) mass is 1100 g/mol. The summed E-state index contributed by atoms with van der Waals surface area (Å²) >= 11 is 0. The molecular weight excluding hydrogens is 981 g/mol. The number of carbonyl (C=O) groups excluding carboxylic acids is 2. The molecule has 1 unspecified atom stereocenters. The first-order valence-electron chi connectivity index (χ1n) is 33.0. The van der Waals surface area contributed by atoms with E-state index in [1.807, 2.05) is 0 Å². The Labute approximate surface area is 494 Å². The standard InChI is InChI=1S/C75H122O5/c1-3-5-7-9-11-13-15-17-19-21-23-25-27-29-31-33-35-37-39-41-43-45-47-49-51-53-55-57-59-61-63-65-67-69-74(77)79-72-73(71-76)80-75(78)70-68-66-64-62-60-58-56-54-52-50-48-46-44-42-40-38-36-34-32-30-28-26-24-22-20-18-16-14-12-10-8-6-4-2/h5-8,11-14,17-20,23-26,29-32,36,38,42,44,48,50,73,76H,3-4,9-10,15-16,21-22,27-28,33-35,37,39-41,43,45-47,49,51-72H2,1-2H3/b7-5-,8-6-,13-11-,14-12-,19-17-,20-18-,25-23-,26-24-,31-29-,32-30-,38-36-,44-42-,50-48-. The molecule has 0 fully saturated rings. The van der Waals surface area contributed by atoms with Gasteiger partial charge in [-0.05, 0) is 122 Å². The molecule has 0 heterocycles. The summed E-state index contributed by atoms with van der Waals surface area (Å²) in [5.74, 6) is -0.602. The topological polar surface area (TPSA) is 72.8 Å². The molecule has 5 nitrogen and oxygen atoms in total. The molecule has 1 atom stereocenters. The predicted octanol–water partition coefficient (Wildman–Crippen LogP) is 23.1. The van der Waals surface area contributed by atoms with E-state index in [4.69, 9.17) is 9.47 Å². The average molecular weight is 1100 g/mol. The molecule has 80 heavy (non-hydrogen) atoms. The molecule has 0 saturated heterocycles. The number of allylic oxidation sites excluding steroid dienone is 26. The molecule has 0 rings (SSSR count). The zero-order valence-corrected chi connectivity index (χ0v) is 51.8. The van der Waals surface area contributed by atoms with Crippen molar-refractivity contribution in [3.8, 4) is 0 Å². The van der Waals surface area contributed by atoms with E-state index in [9.17, 15) is 14.7 Å². The highest BCUT2D eigenvalue weighted by Crippen LogP contribution is 2.16. The molecule has 0 saturated carbocycles. The Morgan fingerprint density at radius 2 is 0.500 bits per heavy atom. The van der Waals surface area contributed by atoms with Crippen LogP contribution in [0.5, 0.6) is 0 Å². The fourth-order valence-electron chi connectivity index (χ4n) is 8.95. The van der Waals surface area contributed by atoms with Crippen LogP contribution in [0.25, 0.3) is 0 Å². The Hall–Kier alpha value is -4.48. The molecule has 0 aromatic rings. The molecule has 0 aliphatic rings. The van der Waals surface area contributed by atoms with Gasteiger partial charge in [-0.2, -0.15) is 0 Å². The average Bonchev–Trinajstić information content (AvgIpc) is 3.46. The van der Waals surface area contributed by atoms with Crippen molar-refractivity contribution in [3.05, 3.63) is 158 Å². The number of hydrogen-bond acceptors (Lipinski definition) is 5. The highest BCUT2D eigenvalue weighted by Gasteiger charge is 2.16. The molecule has 0 aliphatic heterocycles. The third-order valence-corrected chi connectivity index (χ3v) is 13.8. The number of unbranched alkanes of at least 4 members (excludes halogenated alkanes) is 25. The van der Waals surface area contributed by atoms with E-state index in [2.05, 4.69) is 172 Å². The maximum atomic E-state index is 12.4.